The van der Waals surface area contributed by atoms with Crippen molar-refractivity contribution in [3.63, 3.8) is 0 Å². The lowest BCUT2D eigenvalue weighted by atomic mass is 10.2. The van der Waals surface area contributed by atoms with Gasteiger partial charge in [-0.3, -0.25) is 0 Å². The molecule has 0 bridgehead atoms. The first-order valence-electron chi connectivity index (χ1n) is 6.51. The molecule has 126 valence electrons. The highest BCUT2D eigenvalue weighted by molar-refractivity contribution is 7.87. The minimum atomic E-state index is -3.62. The van der Waals surface area contributed by atoms with Crippen molar-refractivity contribution in [2.45, 2.75) is 33.0 Å². The molecule has 0 aromatic heterocycles. The quantitative estimate of drug-likeness (QED) is 0.787. The van der Waals surface area contributed by atoms with Gasteiger partial charge in [0.2, 0.25) is 0 Å². The Hall–Kier alpha value is -1.45. The molecule has 0 radical (unpaired) electrons. The number of methoxy groups -OCH3 is 1. The molecule has 0 atom stereocenters. The number of hydrogen-bond acceptors (Lipinski definition) is 4. The van der Waals surface area contributed by atoms with E-state index >= 15 is 0 Å². The highest BCUT2D eigenvalue weighted by Crippen LogP contribution is 2.29. The van der Waals surface area contributed by atoms with E-state index in [1.165, 1.54) is 32.4 Å². The van der Waals surface area contributed by atoms with E-state index in [-0.39, 0.29) is 24.1 Å². The van der Waals surface area contributed by atoms with E-state index in [9.17, 15) is 17.2 Å². The third-order valence-electron chi connectivity index (χ3n) is 2.64. The monoisotopic (exact) mass is 338 g/mol. The zero-order valence-corrected chi connectivity index (χ0v) is 13.7. The maximum absolute atomic E-state index is 12.3. The first-order valence-corrected chi connectivity index (χ1v) is 7.95. The maximum atomic E-state index is 12.3. The molecular weight excluding hydrogens is 318 g/mol. The van der Waals surface area contributed by atoms with Crippen molar-refractivity contribution in [1.29, 1.82) is 0 Å². The molecule has 0 fully saturated rings. The van der Waals surface area contributed by atoms with Gasteiger partial charge in [0, 0.05) is 19.6 Å². The lowest BCUT2D eigenvalue weighted by Gasteiger charge is -2.20. The van der Waals surface area contributed by atoms with Crippen LogP contribution in [0.1, 0.15) is 19.4 Å². The van der Waals surface area contributed by atoms with E-state index in [1.807, 2.05) is 0 Å². The fraction of sp³-hybridized carbons (Fsp3) is 0.538. The van der Waals surface area contributed by atoms with Crippen molar-refractivity contribution in [2.75, 3.05) is 14.2 Å². The molecule has 0 aliphatic carbocycles. The van der Waals surface area contributed by atoms with Gasteiger partial charge >= 0.3 is 6.61 Å². The summed E-state index contributed by atoms with van der Waals surface area (Å²) in [6, 6.07) is 4.04. The fourth-order valence-electron chi connectivity index (χ4n) is 1.73. The van der Waals surface area contributed by atoms with Crippen molar-refractivity contribution in [1.82, 2.24) is 9.03 Å². The summed E-state index contributed by atoms with van der Waals surface area (Å²) < 4.78 is 61.3. The van der Waals surface area contributed by atoms with E-state index in [1.54, 1.807) is 13.8 Å². The van der Waals surface area contributed by atoms with Crippen LogP contribution in [0.5, 0.6) is 11.5 Å². The number of benzene rings is 1. The molecule has 0 spiro atoms. The second-order valence-corrected chi connectivity index (χ2v) is 6.71. The van der Waals surface area contributed by atoms with Crippen LogP contribution < -0.4 is 14.2 Å². The minimum Gasteiger partial charge on any atom is -0.493 e. The highest BCUT2D eigenvalue weighted by atomic mass is 32.2. The third-order valence-corrected chi connectivity index (χ3v) is 4.36. The molecule has 1 N–H and O–H groups in total. The summed E-state index contributed by atoms with van der Waals surface area (Å²) in [5.41, 5.74) is 0.579. The van der Waals surface area contributed by atoms with Crippen molar-refractivity contribution >= 4 is 10.2 Å². The Labute approximate surface area is 129 Å². The van der Waals surface area contributed by atoms with Gasteiger partial charge in [-0.25, -0.2) is 0 Å². The maximum Gasteiger partial charge on any atom is 0.387 e. The van der Waals surface area contributed by atoms with Gasteiger partial charge < -0.3 is 9.47 Å². The van der Waals surface area contributed by atoms with Crippen molar-refractivity contribution in [3.05, 3.63) is 23.8 Å². The predicted octanol–water partition coefficient (Wildman–Crippen LogP) is 1.97. The summed E-state index contributed by atoms with van der Waals surface area (Å²) in [7, 11) is -0.880. The molecule has 0 unspecified atom stereocenters. The molecule has 9 heteroatoms. The standard InChI is InChI=1S/C13H20F2N2O4S/c1-9(2)16-22(18,19)17(3)8-10-5-6-11(21-13(14)15)12(7-10)20-4/h5-7,9,13,16H,8H2,1-4H3. The van der Waals surface area contributed by atoms with Gasteiger partial charge in [0.25, 0.3) is 10.2 Å². The van der Waals surface area contributed by atoms with Crippen LogP contribution in [0.4, 0.5) is 8.78 Å². The summed E-state index contributed by atoms with van der Waals surface area (Å²) in [4.78, 5) is 0. The van der Waals surface area contributed by atoms with E-state index in [0.717, 1.165) is 4.31 Å². The van der Waals surface area contributed by atoms with E-state index in [4.69, 9.17) is 4.74 Å². The van der Waals surface area contributed by atoms with Crippen LogP contribution in [0, 0.1) is 0 Å². The molecule has 0 aliphatic rings. The number of alkyl halides is 2. The van der Waals surface area contributed by atoms with E-state index in [0.29, 0.717) is 5.56 Å². The summed E-state index contributed by atoms with van der Waals surface area (Å²) >= 11 is 0. The van der Waals surface area contributed by atoms with Gasteiger partial charge in [-0.15, -0.1) is 0 Å². The summed E-state index contributed by atoms with van der Waals surface area (Å²) in [5, 5.41) is 0. The molecule has 0 heterocycles. The third kappa shape index (κ3) is 5.39. The van der Waals surface area contributed by atoms with Crippen molar-refractivity contribution < 1.29 is 26.7 Å². The summed E-state index contributed by atoms with van der Waals surface area (Å²) in [5.74, 6) is 0.00693. The Balaban J connectivity index is 2.90. The van der Waals surface area contributed by atoms with Crippen molar-refractivity contribution in [3.8, 4) is 11.5 Å². The van der Waals surface area contributed by atoms with Gasteiger partial charge in [0.1, 0.15) is 0 Å². The van der Waals surface area contributed by atoms with E-state index < -0.39 is 16.8 Å². The van der Waals surface area contributed by atoms with Crippen LogP contribution in [0.3, 0.4) is 0 Å². The number of nitrogens with zero attached hydrogens (tertiary/aromatic N) is 1. The fourth-order valence-corrected chi connectivity index (χ4v) is 2.83. The van der Waals surface area contributed by atoms with Crippen LogP contribution >= 0.6 is 0 Å². The molecule has 1 aromatic rings. The number of nitrogens with one attached hydrogen (secondary N) is 1. The Morgan fingerprint density at radius 3 is 2.41 bits per heavy atom. The lowest BCUT2D eigenvalue weighted by Crippen LogP contribution is -2.41. The van der Waals surface area contributed by atoms with Crippen LogP contribution in [0.25, 0.3) is 0 Å². The van der Waals surface area contributed by atoms with Crippen LogP contribution in [-0.2, 0) is 16.8 Å². The molecular formula is C13H20F2N2O4S. The second-order valence-electron chi connectivity index (χ2n) is 4.90. The number of halogens is 2. The molecule has 6 nitrogen and oxygen atoms in total. The topological polar surface area (TPSA) is 67.9 Å². The normalized spacial score (nSPS) is 12.2. The Morgan fingerprint density at radius 1 is 1.27 bits per heavy atom. The van der Waals surface area contributed by atoms with Gasteiger partial charge in [-0.1, -0.05) is 6.07 Å². The van der Waals surface area contributed by atoms with Gasteiger partial charge in [-0.05, 0) is 31.5 Å². The second kappa shape index (κ2) is 7.70. The zero-order valence-electron chi connectivity index (χ0n) is 12.8. The average Bonchev–Trinajstić information content (AvgIpc) is 2.38. The largest absolute Gasteiger partial charge is 0.493 e. The first kappa shape index (κ1) is 18.6. The van der Waals surface area contributed by atoms with Crippen LogP contribution in [-0.4, -0.2) is 39.5 Å². The smallest absolute Gasteiger partial charge is 0.387 e. The number of ether oxygens (including phenoxy) is 2. The molecule has 1 aromatic carbocycles. The molecule has 0 aliphatic heterocycles. The first-order chi connectivity index (χ1) is 10.2. The summed E-state index contributed by atoms with van der Waals surface area (Å²) in [6.45, 7) is 0.529. The molecule has 0 amide bonds. The Morgan fingerprint density at radius 2 is 1.91 bits per heavy atom. The highest BCUT2D eigenvalue weighted by Gasteiger charge is 2.19. The Bertz CT molecular complexity index is 594. The zero-order chi connectivity index (χ0) is 16.9. The lowest BCUT2D eigenvalue weighted by molar-refractivity contribution is -0.0512. The molecule has 22 heavy (non-hydrogen) atoms. The van der Waals surface area contributed by atoms with Gasteiger partial charge in [0.05, 0.1) is 7.11 Å². The number of rotatable bonds is 8. The van der Waals surface area contributed by atoms with Gasteiger partial charge in [0.15, 0.2) is 11.5 Å². The number of hydrogen-bond donors (Lipinski definition) is 1. The molecule has 0 saturated carbocycles. The average molecular weight is 338 g/mol. The molecule has 1 rings (SSSR count). The summed E-state index contributed by atoms with van der Waals surface area (Å²) in [6.07, 6.45) is 0. The van der Waals surface area contributed by atoms with Crippen molar-refractivity contribution in [2.24, 2.45) is 0 Å². The SMILES string of the molecule is COc1cc(CN(C)S(=O)(=O)NC(C)C)ccc1OC(F)F. The van der Waals surface area contributed by atoms with Crippen LogP contribution in [0.15, 0.2) is 18.2 Å². The minimum absolute atomic E-state index is 0.0629. The van der Waals surface area contributed by atoms with Gasteiger partial charge in [-0.2, -0.15) is 26.2 Å². The van der Waals surface area contributed by atoms with Crippen LogP contribution in [0.2, 0.25) is 0 Å². The molecule has 0 saturated heterocycles. The predicted molar refractivity (Wildman–Crippen MR) is 78.3 cm³/mol. The van der Waals surface area contributed by atoms with E-state index in [2.05, 4.69) is 9.46 Å². The Kier molecular flexibility index (Phi) is 6.51.